The topological polar surface area (TPSA) is 87.3 Å². The maximum atomic E-state index is 12.5. The largest absolute Gasteiger partial charge is 0.350 e. The lowest BCUT2D eigenvalue weighted by molar-refractivity contribution is -0.136. The highest BCUT2D eigenvalue weighted by Crippen LogP contribution is 2.35. The van der Waals surface area contributed by atoms with Gasteiger partial charge in [-0.05, 0) is 26.7 Å². The van der Waals surface area contributed by atoms with Crippen molar-refractivity contribution in [3.05, 3.63) is 0 Å². The average Bonchev–Trinajstić information content (AvgIpc) is 3.09. The molecule has 27 heavy (non-hydrogen) atoms. The molecule has 0 aromatic heterocycles. The Kier molecular flexibility index (Phi) is 6.87. The van der Waals surface area contributed by atoms with Crippen LogP contribution in [-0.4, -0.2) is 46.3 Å². The lowest BCUT2D eigenvalue weighted by Crippen LogP contribution is -2.57. The van der Waals surface area contributed by atoms with Crippen molar-refractivity contribution >= 4 is 29.5 Å². The minimum absolute atomic E-state index is 0.00239. The Bertz CT molecular complexity index is 589. The summed E-state index contributed by atoms with van der Waals surface area (Å²) in [6.07, 6.45) is 3.24. The molecule has 3 N–H and O–H groups in total. The highest BCUT2D eigenvalue weighted by molar-refractivity contribution is 8.00. The van der Waals surface area contributed by atoms with E-state index < -0.39 is 11.0 Å². The Morgan fingerprint density at radius 3 is 2.48 bits per heavy atom. The number of fused-ring (bicyclic) bond motifs is 1. The fourth-order valence-corrected chi connectivity index (χ4v) is 5.41. The van der Waals surface area contributed by atoms with Crippen molar-refractivity contribution < 1.29 is 14.4 Å². The van der Waals surface area contributed by atoms with Crippen LogP contribution < -0.4 is 16.0 Å². The molecule has 0 aromatic carbocycles. The molecule has 2 heterocycles. The van der Waals surface area contributed by atoms with E-state index >= 15 is 0 Å². The maximum Gasteiger partial charge on any atom is 0.315 e. The number of rotatable bonds is 9. The van der Waals surface area contributed by atoms with Crippen molar-refractivity contribution in [1.29, 1.82) is 0 Å². The molecule has 2 rings (SSSR count). The van der Waals surface area contributed by atoms with E-state index in [9.17, 15) is 14.4 Å². The average molecular weight is 398 g/mol. The summed E-state index contributed by atoms with van der Waals surface area (Å²) in [6.45, 7) is 11.5. The number of carbonyl (C=O) groups is 3. The fraction of sp³-hybridized carbons (Fsp3) is 0.850. The third-order valence-corrected chi connectivity index (χ3v) is 7.74. The monoisotopic (exact) mass is 397 g/mol. The van der Waals surface area contributed by atoms with Gasteiger partial charge in [-0.1, -0.05) is 34.1 Å². The van der Waals surface area contributed by atoms with E-state index in [4.69, 9.17) is 0 Å². The van der Waals surface area contributed by atoms with Gasteiger partial charge in [0, 0.05) is 34.3 Å². The summed E-state index contributed by atoms with van der Waals surface area (Å²) in [5.41, 5.74) is -1.22. The molecular weight excluding hydrogens is 362 g/mol. The predicted molar refractivity (Wildman–Crippen MR) is 110 cm³/mol. The van der Waals surface area contributed by atoms with Gasteiger partial charge >= 0.3 is 6.03 Å². The van der Waals surface area contributed by atoms with E-state index in [1.807, 2.05) is 53.3 Å². The van der Waals surface area contributed by atoms with E-state index in [-0.39, 0.29) is 35.7 Å². The van der Waals surface area contributed by atoms with E-state index in [0.29, 0.717) is 11.7 Å². The Labute approximate surface area is 167 Å². The number of carbonyl (C=O) groups excluding carboxylic acids is 3. The van der Waals surface area contributed by atoms with Gasteiger partial charge < -0.3 is 16.0 Å². The van der Waals surface area contributed by atoms with Crippen LogP contribution >= 0.6 is 11.8 Å². The lowest BCUT2D eigenvalue weighted by atomic mass is 9.68. The molecule has 0 aromatic rings. The van der Waals surface area contributed by atoms with Crippen molar-refractivity contribution in [2.45, 2.75) is 90.1 Å². The Morgan fingerprint density at radius 1 is 1.19 bits per heavy atom. The third-order valence-electron chi connectivity index (χ3n) is 6.24. The molecular formula is C20H35N3O3S. The molecule has 3 unspecified atom stereocenters. The van der Waals surface area contributed by atoms with Crippen LogP contribution in [-0.2, 0) is 9.59 Å². The highest BCUT2D eigenvalue weighted by atomic mass is 32.2. The van der Waals surface area contributed by atoms with Crippen LogP contribution in [0.15, 0.2) is 0 Å². The maximum absolute atomic E-state index is 12.5. The Morgan fingerprint density at radius 2 is 1.85 bits per heavy atom. The van der Waals surface area contributed by atoms with Crippen LogP contribution in [0.1, 0.15) is 67.2 Å². The van der Waals surface area contributed by atoms with E-state index in [1.165, 1.54) is 0 Å². The number of hydrogen-bond acceptors (Lipinski definition) is 4. The molecule has 154 valence electrons. The third kappa shape index (κ3) is 4.98. The molecule has 3 atom stereocenters. The number of hydrogen-bond donors (Lipinski definition) is 3. The van der Waals surface area contributed by atoms with Crippen molar-refractivity contribution in [1.82, 2.24) is 16.0 Å². The molecule has 7 heteroatoms. The molecule has 2 aliphatic rings. The molecule has 0 aliphatic carbocycles. The van der Waals surface area contributed by atoms with Crippen LogP contribution in [0.2, 0.25) is 0 Å². The summed E-state index contributed by atoms with van der Waals surface area (Å²) in [5, 5.41) is 9.45. The molecule has 0 radical (unpaired) electrons. The number of urea groups is 1. The number of Topliss-reactive ketones (excluding diaryl/α,β-unsaturated/α-hetero) is 1. The highest BCUT2D eigenvalue weighted by Gasteiger charge is 2.45. The van der Waals surface area contributed by atoms with E-state index in [0.717, 1.165) is 25.0 Å². The first-order valence-corrected chi connectivity index (χ1v) is 11.0. The van der Waals surface area contributed by atoms with Crippen LogP contribution in [0, 0.1) is 11.3 Å². The quantitative estimate of drug-likeness (QED) is 0.412. The van der Waals surface area contributed by atoms with Crippen molar-refractivity contribution in [2.24, 2.45) is 11.3 Å². The van der Waals surface area contributed by atoms with Gasteiger partial charge in [-0.2, -0.15) is 11.8 Å². The van der Waals surface area contributed by atoms with Gasteiger partial charge in [0.2, 0.25) is 5.91 Å². The molecule has 0 bridgehead atoms. The van der Waals surface area contributed by atoms with E-state index in [1.54, 1.807) is 0 Å². The summed E-state index contributed by atoms with van der Waals surface area (Å²) in [6, 6.07) is 0.408. The number of unbranched alkanes of at least 4 members (excludes halogenated alkanes) is 1. The van der Waals surface area contributed by atoms with Crippen molar-refractivity contribution in [3.63, 3.8) is 0 Å². The zero-order valence-corrected chi connectivity index (χ0v) is 18.3. The molecule has 6 nitrogen and oxygen atoms in total. The second-order valence-electron chi connectivity index (χ2n) is 9.18. The number of nitrogens with one attached hydrogen (secondary N) is 3. The zero-order chi connectivity index (χ0) is 20.4. The Balaban J connectivity index is 1.74. The SMILES string of the molecule is CC(C)C(=O)C(C)(C)C(C)(C)NC(=O)CCCCC1SCC2NC(=O)NC21. The Hall–Kier alpha value is -1.24. The minimum Gasteiger partial charge on any atom is -0.350 e. The summed E-state index contributed by atoms with van der Waals surface area (Å²) >= 11 is 1.90. The first-order valence-electron chi connectivity index (χ1n) is 9.99. The summed E-state index contributed by atoms with van der Waals surface area (Å²) in [4.78, 5) is 36.4. The lowest BCUT2D eigenvalue weighted by Gasteiger charge is -2.42. The van der Waals surface area contributed by atoms with Crippen molar-refractivity contribution in [2.75, 3.05) is 5.75 Å². The number of ketones is 1. The van der Waals surface area contributed by atoms with E-state index in [2.05, 4.69) is 16.0 Å². The van der Waals surface area contributed by atoms with Gasteiger partial charge in [0.05, 0.1) is 12.1 Å². The molecule has 0 saturated carbocycles. The van der Waals surface area contributed by atoms with Crippen LogP contribution in [0.3, 0.4) is 0 Å². The minimum atomic E-state index is -0.625. The van der Waals surface area contributed by atoms with Crippen LogP contribution in [0.25, 0.3) is 0 Å². The van der Waals surface area contributed by atoms with Gasteiger partial charge in [-0.15, -0.1) is 0 Å². The summed E-state index contributed by atoms with van der Waals surface area (Å²) in [7, 11) is 0. The summed E-state index contributed by atoms with van der Waals surface area (Å²) < 4.78 is 0. The molecule has 0 spiro atoms. The second-order valence-corrected chi connectivity index (χ2v) is 10.5. The van der Waals surface area contributed by atoms with Gasteiger partial charge in [0.15, 0.2) is 0 Å². The number of thioether (sulfide) groups is 1. The smallest absolute Gasteiger partial charge is 0.315 e. The standard InChI is InChI=1S/C20H35N3O3S/c1-12(2)17(25)19(3,4)20(5,6)23-15(24)10-8-7-9-14-16-13(11-27-14)21-18(26)22-16/h12-14,16H,7-11H2,1-6H3,(H,23,24)(H2,21,22,26). The van der Waals surface area contributed by atoms with Crippen LogP contribution in [0.5, 0.6) is 0 Å². The summed E-state index contributed by atoms with van der Waals surface area (Å²) in [5.74, 6) is 1.06. The predicted octanol–water partition coefficient (Wildman–Crippen LogP) is 2.86. The molecule has 3 amide bonds. The first kappa shape index (κ1) is 22.1. The van der Waals surface area contributed by atoms with Crippen LogP contribution in [0.4, 0.5) is 4.79 Å². The second kappa shape index (κ2) is 8.41. The first-order chi connectivity index (χ1) is 12.5. The van der Waals surface area contributed by atoms with Crippen molar-refractivity contribution in [3.8, 4) is 0 Å². The van der Waals surface area contributed by atoms with Gasteiger partial charge in [-0.3, -0.25) is 9.59 Å². The fourth-order valence-electron chi connectivity index (χ4n) is 3.87. The molecule has 2 aliphatic heterocycles. The van der Waals surface area contributed by atoms with Gasteiger partial charge in [-0.25, -0.2) is 4.79 Å². The van der Waals surface area contributed by atoms with Gasteiger partial charge in [0.1, 0.15) is 5.78 Å². The normalized spacial score (nSPS) is 25.1. The molecule has 2 fully saturated rings. The molecule has 2 saturated heterocycles. The van der Waals surface area contributed by atoms with Gasteiger partial charge in [0.25, 0.3) is 0 Å². The number of amides is 3. The zero-order valence-electron chi connectivity index (χ0n) is 17.5.